The number of nitrogens with zero attached hydrogens (tertiary/aromatic N) is 2. The molecule has 1 fully saturated rings. The first kappa shape index (κ1) is 13.8. The molecule has 0 spiro atoms. The van der Waals surface area contributed by atoms with Crippen LogP contribution in [0.5, 0.6) is 0 Å². The summed E-state index contributed by atoms with van der Waals surface area (Å²) < 4.78 is 5.48. The number of amides is 1. The summed E-state index contributed by atoms with van der Waals surface area (Å²) in [6.07, 6.45) is 2.38. The normalized spacial score (nSPS) is 17.9. The van der Waals surface area contributed by atoms with Crippen molar-refractivity contribution in [2.75, 3.05) is 11.9 Å². The van der Waals surface area contributed by atoms with Crippen LogP contribution in [0.15, 0.2) is 28.7 Å². The lowest BCUT2D eigenvalue weighted by Crippen LogP contribution is -2.14. The van der Waals surface area contributed by atoms with E-state index in [0.717, 1.165) is 30.5 Å². The summed E-state index contributed by atoms with van der Waals surface area (Å²) in [5.41, 5.74) is 2.09. The predicted octanol–water partition coefficient (Wildman–Crippen LogP) is 1.98. The first-order valence-electron chi connectivity index (χ1n) is 7.13. The van der Waals surface area contributed by atoms with E-state index in [9.17, 15) is 4.79 Å². The number of anilines is 1. The molecule has 1 unspecified atom stereocenters. The summed E-state index contributed by atoms with van der Waals surface area (Å²) >= 11 is 0. The number of hydrogen-bond acceptors (Lipinski definition) is 5. The van der Waals surface area contributed by atoms with Crippen LogP contribution in [-0.4, -0.2) is 22.6 Å². The highest BCUT2D eigenvalue weighted by atomic mass is 16.4. The highest BCUT2D eigenvalue weighted by molar-refractivity contribution is 5.90. The maximum absolute atomic E-state index is 12.0. The van der Waals surface area contributed by atoms with Gasteiger partial charge < -0.3 is 9.73 Å². The molecule has 0 saturated carbocycles. The predicted molar refractivity (Wildman–Crippen MR) is 77.8 cm³/mol. The molecule has 2 N–H and O–H groups in total. The zero-order valence-electron chi connectivity index (χ0n) is 11.9. The summed E-state index contributed by atoms with van der Waals surface area (Å²) in [5, 5.41) is 13.8. The van der Waals surface area contributed by atoms with E-state index in [1.165, 1.54) is 0 Å². The standard InChI is InChI=1S/C15H18N4O2/c1-10-4-2-5-11(8-10)9-13(20)17-15-19-18-14(21-15)12-6-3-7-16-12/h2,4-5,8,12,16H,3,6-7,9H2,1H3,(H,17,19,20). The molecule has 3 rings (SSSR count). The minimum atomic E-state index is -0.157. The number of carbonyl (C=O) groups is 1. The van der Waals surface area contributed by atoms with Gasteiger partial charge in [0.2, 0.25) is 11.8 Å². The maximum Gasteiger partial charge on any atom is 0.322 e. The van der Waals surface area contributed by atoms with Crippen LogP contribution >= 0.6 is 0 Å². The Bertz CT molecular complexity index is 632. The monoisotopic (exact) mass is 286 g/mol. The minimum Gasteiger partial charge on any atom is -0.406 e. The Labute approximate surface area is 123 Å². The van der Waals surface area contributed by atoms with Crippen molar-refractivity contribution < 1.29 is 9.21 Å². The third-order valence-corrected chi connectivity index (χ3v) is 3.49. The zero-order valence-corrected chi connectivity index (χ0v) is 11.9. The molecular weight excluding hydrogens is 268 g/mol. The fourth-order valence-electron chi connectivity index (χ4n) is 2.49. The van der Waals surface area contributed by atoms with Crippen LogP contribution in [0.1, 0.15) is 35.9 Å². The Balaban J connectivity index is 1.59. The number of benzene rings is 1. The van der Waals surface area contributed by atoms with Gasteiger partial charge in [-0.2, -0.15) is 0 Å². The van der Waals surface area contributed by atoms with Gasteiger partial charge >= 0.3 is 6.01 Å². The molecule has 2 heterocycles. The van der Waals surface area contributed by atoms with Crippen LogP contribution in [-0.2, 0) is 11.2 Å². The average Bonchev–Trinajstić information content (AvgIpc) is 3.08. The third-order valence-electron chi connectivity index (χ3n) is 3.49. The molecule has 21 heavy (non-hydrogen) atoms. The summed E-state index contributed by atoms with van der Waals surface area (Å²) in [5.74, 6) is 0.383. The lowest BCUT2D eigenvalue weighted by molar-refractivity contribution is -0.115. The van der Waals surface area contributed by atoms with Crippen LogP contribution in [0.25, 0.3) is 0 Å². The van der Waals surface area contributed by atoms with Crippen LogP contribution in [0.4, 0.5) is 6.01 Å². The number of nitrogens with one attached hydrogen (secondary N) is 2. The van der Waals surface area contributed by atoms with Gasteiger partial charge in [0.1, 0.15) is 0 Å². The Morgan fingerprint density at radius 2 is 2.38 bits per heavy atom. The van der Waals surface area contributed by atoms with Gasteiger partial charge in [0.25, 0.3) is 0 Å². The molecule has 1 saturated heterocycles. The van der Waals surface area contributed by atoms with Crippen LogP contribution < -0.4 is 10.6 Å². The van der Waals surface area contributed by atoms with E-state index in [1.807, 2.05) is 31.2 Å². The van der Waals surface area contributed by atoms with Gasteiger partial charge in [-0.3, -0.25) is 10.1 Å². The van der Waals surface area contributed by atoms with Crippen LogP contribution in [0.2, 0.25) is 0 Å². The summed E-state index contributed by atoms with van der Waals surface area (Å²) in [6, 6.07) is 8.13. The Hall–Kier alpha value is -2.21. The second-order valence-corrected chi connectivity index (χ2v) is 5.31. The van der Waals surface area contributed by atoms with E-state index in [-0.39, 0.29) is 18.0 Å². The quantitative estimate of drug-likeness (QED) is 0.898. The number of hydrogen-bond donors (Lipinski definition) is 2. The van der Waals surface area contributed by atoms with Gasteiger partial charge in [-0.25, -0.2) is 0 Å². The van der Waals surface area contributed by atoms with Gasteiger partial charge in [-0.15, -0.1) is 5.10 Å². The first-order valence-corrected chi connectivity index (χ1v) is 7.13. The van der Waals surface area contributed by atoms with Gasteiger partial charge in [0, 0.05) is 0 Å². The second-order valence-electron chi connectivity index (χ2n) is 5.31. The molecule has 6 nitrogen and oxygen atoms in total. The number of carbonyl (C=O) groups excluding carboxylic acids is 1. The van der Waals surface area contributed by atoms with Crippen molar-refractivity contribution in [3.05, 3.63) is 41.3 Å². The lowest BCUT2D eigenvalue weighted by Gasteiger charge is -2.03. The Morgan fingerprint density at radius 1 is 1.48 bits per heavy atom. The van der Waals surface area contributed by atoms with Gasteiger partial charge in [-0.05, 0) is 31.9 Å². The van der Waals surface area contributed by atoms with E-state index in [0.29, 0.717) is 12.3 Å². The summed E-state index contributed by atoms with van der Waals surface area (Å²) in [6.45, 7) is 2.96. The van der Waals surface area contributed by atoms with Crippen molar-refractivity contribution in [3.8, 4) is 0 Å². The molecular formula is C15H18N4O2. The van der Waals surface area contributed by atoms with Gasteiger partial charge in [-0.1, -0.05) is 34.9 Å². The highest BCUT2D eigenvalue weighted by Gasteiger charge is 2.22. The highest BCUT2D eigenvalue weighted by Crippen LogP contribution is 2.22. The number of aryl methyl sites for hydroxylation is 1. The molecule has 110 valence electrons. The first-order chi connectivity index (χ1) is 10.2. The molecule has 1 aliphatic rings. The molecule has 1 aromatic carbocycles. The fraction of sp³-hybridized carbons (Fsp3) is 0.400. The number of rotatable bonds is 4. The summed E-state index contributed by atoms with van der Waals surface area (Å²) in [4.78, 5) is 12.0. The summed E-state index contributed by atoms with van der Waals surface area (Å²) in [7, 11) is 0. The SMILES string of the molecule is Cc1cccc(CC(=O)Nc2nnc(C3CCCN3)o2)c1. The third kappa shape index (κ3) is 3.46. The van der Waals surface area contributed by atoms with E-state index >= 15 is 0 Å². The van der Waals surface area contributed by atoms with E-state index < -0.39 is 0 Å². The maximum atomic E-state index is 12.0. The Morgan fingerprint density at radius 3 is 3.14 bits per heavy atom. The van der Waals surface area contributed by atoms with E-state index in [2.05, 4.69) is 20.8 Å². The van der Waals surface area contributed by atoms with Crippen molar-refractivity contribution in [3.63, 3.8) is 0 Å². The van der Waals surface area contributed by atoms with Crippen LogP contribution in [0, 0.1) is 6.92 Å². The second kappa shape index (κ2) is 6.05. The molecule has 6 heteroatoms. The molecule has 1 aromatic heterocycles. The van der Waals surface area contributed by atoms with Crippen molar-refractivity contribution in [2.45, 2.75) is 32.2 Å². The van der Waals surface area contributed by atoms with Crippen molar-refractivity contribution in [2.24, 2.45) is 0 Å². The van der Waals surface area contributed by atoms with Crippen LogP contribution in [0.3, 0.4) is 0 Å². The fourth-order valence-corrected chi connectivity index (χ4v) is 2.49. The zero-order chi connectivity index (χ0) is 14.7. The van der Waals surface area contributed by atoms with Gasteiger partial charge in [0.15, 0.2) is 0 Å². The average molecular weight is 286 g/mol. The van der Waals surface area contributed by atoms with Crippen molar-refractivity contribution in [1.29, 1.82) is 0 Å². The van der Waals surface area contributed by atoms with E-state index in [1.54, 1.807) is 0 Å². The molecule has 0 radical (unpaired) electrons. The smallest absolute Gasteiger partial charge is 0.322 e. The van der Waals surface area contributed by atoms with Crippen molar-refractivity contribution >= 4 is 11.9 Å². The van der Waals surface area contributed by atoms with Crippen molar-refractivity contribution in [1.82, 2.24) is 15.5 Å². The number of aromatic nitrogens is 2. The minimum absolute atomic E-state index is 0.111. The molecule has 0 aliphatic carbocycles. The molecule has 2 aromatic rings. The van der Waals surface area contributed by atoms with Gasteiger partial charge in [0.05, 0.1) is 12.5 Å². The molecule has 0 bridgehead atoms. The largest absolute Gasteiger partial charge is 0.406 e. The topological polar surface area (TPSA) is 80.0 Å². The Kier molecular flexibility index (Phi) is 3.96. The molecule has 1 aliphatic heterocycles. The molecule has 1 atom stereocenters. The van der Waals surface area contributed by atoms with E-state index in [4.69, 9.17) is 4.42 Å². The molecule has 1 amide bonds. The lowest BCUT2D eigenvalue weighted by atomic mass is 10.1.